The van der Waals surface area contributed by atoms with E-state index in [9.17, 15) is 4.79 Å². The molecule has 1 amide bonds. The van der Waals surface area contributed by atoms with Crippen LogP contribution in [0.5, 0.6) is 0 Å². The molecule has 0 unspecified atom stereocenters. The van der Waals surface area contributed by atoms with Gasteiger partial charge in [0.15, 0.2) is 0 Å². The molecule has 0 aromatic carbocycles. The van der Waals surface area contributed by atoms with E-state index in [2.05, 4.69) is 19.2 Å². The molecule has 0 aromatic rings. The maximum Gasteiger partial charge on any atom is 0.0772 e. The Morgan fingerprint density at radius 1 is 1.60 bits per heavy atom. The van der Waals surface area contributed by atoms with Gasteiger partial charge in [-0.15, -0.1) is 6.54 Å². The third-order valence-corrected chi connectivity index (χ3v) is 0.322. The zero-order valence-corrected chi connectivity index (χ0v) is 9.45. The van der Waals surface area contributed by atoms with Gasteiger partial charge in [0.1, 0.15) is 0 Å². The van der Waals surface area contributed by atoms with Gasteiger partial charge in [-0.3, -0.25) is 0 Å². The third kappa shape index (κ3) is 43.2. The van der Waals surface area contributed by atoms with Crippen LogP contribution in [0, 0.1) is 20.3 Å². The van der Waals surface area contributed by atoms with Gasteiger partial charge in [0.05, 0.1) is 5.91 Å². The Balaban J connectivity index is -0.000000107. The van der Waals surface area contributed by atoms with Crippen LogP contribution in [-0.4, -0.2) is 12.5 Å². The Bertz CT molecular complexity index is 66.6. The van der Waals surface area contributed by atoms with Gasteiger partial charge < -0.3 is 30.4 Å². The van der Waals surface area contributed by atoms with Gasteiger partial charge in [-0.05, 0) is 0 Å². The van der Waals surface area contributed by atoms with Crippen LogP contribution in [0.4, 0.5) is 0 Å². The predicted molar refractivity (Wildman–Crippen MR) is 39.4 cm³/mol. The summed E-state index contributed by atoms with van der Waals surface area (Å²) in [5, 5.41) is 2.35. The molecule has 0 fully saturated rings. The number of hydrogen-bond donors (Lipinski definition) is 1. The van der Waals surface area contributed by atoms with E-state index in [1.165, 1.54) is 0 Å². The van der Waals surface area contributed by atoms with Gasteiger partial charge >= 0.3 is 0 Å². The van der Waals surface area contributed by atoms with Crippen molar-refractivity contribution >= 4 is 5.91 Å². The van der Waals surface area contributed by atoms with Gasteiger partial charge in [-0.1, -0.05) is 0 Å². The molecule has 0 heterocycles. The second-order valence-corrected chi connectivity index (χ2v) is 1.43. The Kier molecular flexibility index (Phi) is 26.5. The fourth-order valence-electron chi connectivity index (χ4n) is 0.139. The summed E-state index contributed by atoms with van der Waals surface area (Å²) < 4.78 is 0. The summed E-state index contributed by atoms with van der Waals surface area (Å²) in [6.45, 7) is 10.8. The molecule has 0 aliphatic rings. The van der Waals surface area contributed by atoms with Crippen molar-refractivity contribution in [1.29, 1.82) is 0 Å². The van der Waals surface area contributed by atoms with Crippen molar-refractivity contribution in [3.8, 4) is 0 Å². The minimum absolute atomic E-state index is 0. The number of carbonyl (C=O) groups is 1. The first-order valence-electron chi connectivity index (χ1n) is 2.82. The van der Waals surface area contributed by atoms with Crippen molar-refractivity contribution in [1.82, 2.24) is 5.32 Å². The van der Waals surface area contributed by atoms with Crippen LogP contribution in [0.25, 0.3) is 0 Å². The molecule has 0 atom stereocenters. The molecule has 0 saturated heterocycles. The third-order valence-electron chi connectivity index (χ3n) is 0.322. The summed E-state index contributed by atoms with van der Waals surface area (Å²) in [7, 11) is 0. The summed E-state index contributed by atoms with van der Waals surface area (Å²) in [6.07, 6.45) is 2.00. The average molecular weight is 312 g/mol. The van der Waals surface area contributed by atoms with E-state index >= 15 is 0 Å². The Labute approximate surface area is 78.0 Å². The van der Waals surface area contributed by atoms with E-state index in [0.717, 1.165) is 0 Å². The molecule has 10 heavy (non-hydrogen) atoms. The summed E-state index contributed by atoms with van der Waals surface area (Å²) in [4.78, 5) is 9.78. The average Bonchev–Trinajstić information content (AvgIpc) is 1.67. The number of hydrogen-bond acceptors (Lipinski definition) is 1. The van der Waals surface area contributed by atoms with Crippen LogP contribution in [0.3, 0.4) is 0 Å². The molecule has 0 spiro atoms. The molecular formula is C7H14NOW-3. The summed E-state index contributed by atoms with van der Waals surface area (Å²) in [6, 6.07) is 0. The standard InChI is InChI=1S/C4H7NO.C3H7.W/c1-3-5-4(2)6;1-3-2;/h1-3H2,(H,5,6);3H,1-2H3;/q-2;-1;. The molecule has 0 saturated carbocycles. The van der Waals surface area contributed by atoms with Crippen LogP contribution < -0.4 is 5.32 Å². The maximum absolute atomic E-state index is 9.78. The van der Waals surface area contributed by atoms with E-state index in [4.69, 9.17) is 0 Å². The van der Waals surface area contributed by atoms with Crippen LogP contribution >= 0.6 is 0 Å². The molecule has 62 valence electrons. The Morgan fingerprint density at radius 2 is 1.90 bits per heavy atom. The first-order valence-corrected chi connectivity index (χ1v) is 2.82. The van der Waals surface area contributed by atoms with Gasteiger partial charge in [0, 0.05) is 21.1 Å². The molecule has 0 aliphatic carbocycles. The zero-order valence-electron chi connectivity index (χ0n) is 6.52. The maximum atomic E-state index is 9.78. The monoisotopic (exact) mass is 312 g/mol. The molecule has 2 nitrogen and oxygen atoms in total. The zero-order chi connectivity index (χ0) is 7.70. The topological polar surface area (TPSA) is 29.1 Å². The van der Waals surface area contributed by atoms with Crippen LogP contribution in [-0.2, 0) is 25.9 Å². The van der Waals surface area contributed by atoms with Gasteiger partial charge in [0.2, 0.25) is 0 Å². The molecular weight excluding hydrogens is 298 g/mol. The normalized spacial score (nSPS) is 6.30. The van der Waals surface area contributed by atoms with Gasteiger partial charge in [0.25, 0.3) is 0 Å². The summed E-state index contributed by atoms with van der Waals surface area (Å²) >= 11 is 0. The second kappa shape index (κ2) is 16.0. The van der Waals surface area contributed by atoms with Gasteiger partial charge in [-0.25, -0.2) is 0 Å². The number of nitrogens with one attached hydrogen (secondary N) is 1. The number of rotatable bonds is 1. The number of amides is 1. The molecule has 3 heteroatoms. The van der Waals surface area contributed by atoms with E-state index in [1.807, 2.05) is 20.3 Å². The van der Waals surface area contributed by atoms with Crippen molar-refractivity contribution in [3.63, 3.8) is 0 Å². The van der Waals surface area contributed by atoms with Crippen molar-refractivity contribution < 1.29 is 25.9 Å². The van der Waals surface area contributed by atoms with Crippen molar-refractivity contribution in [2.75, 3.05) is 6.54 Å². The van der Waals surface area contributed by atoms with E-state index in [1.54, 1.807) is 0 Å². The Hall–Kier alpha value is 0.0283. The van der Waals surface area contributed by atoms with Gasteiger partial charge in [-0.2, -0.15) is 13.8 Å². The summed E-state index contributed by atoms with van der Waals surface area (Å²) in [5.41, 5.74) is 0. The smallest absolute Gasteiger partial charge is 0.0772 e. The van der Waals surface area contributed by atoms with E-state index < -0.39 is 0 Å². The van der Waals surface area contributed by atoms with E-state index in [-0.39, 0.29) is 27.0 Å². The van der Waals surface area contributed by atoms with Crippen molar-refractivity contribution in [2.24, 2.45) is 0 Å². The quantitative estimate of drug-likeness (QED) is 0.719. The minimum atomic E-state index is -0.273. The second-order valence-electron chi connectivity index (χ2n) is 1.43. The molecule has 1 N–H and O–H groups in total. The van der Waals surface area contributed by atoms with Crippen LogP contribution in [0.1, 0.15) is 13.8 Å². The predicted octanol–water partition coefficient (Wildman–Crippen LogP) is 0.999. The fraction of sp³-hybridized carbons (Fsp3) is 0.429. The van der Waals surface area contributed by atoms with Crippen LogP contribution in [0.15, 0.2) is 0 Å². The molecule has 0 rings (SSSR count). The largest absolute Gasteiger partial charge is 0.411 e. The van der Waals surface area contributed by atoms with Crippen molar-refractivity contribution in [2.45, 2.75) is 13.8 Å². The first kappa shape index (κ1) is 16.5. The first-order chi connectivity index (χ1) is 4.18. The SMILES string of the molecule is C[CH-]C.[CH2-]CNC([CH2-])=O.[W]. The molecule has 0 radical (unpaired) electrons. The fourth-order valence-corrected chi connectivity index (χ4v) is 0.139. The summed E-state index contributed by atoms with van der Waals surface area (Å²) in [5.74, 6) is -0.273. The van der Waals surface area contributed by atoms with Crippen molar-refractivity contribution in [3.05, 3.63) is 20.3 Å². The molecule has 0 aromatic heterocycles. The van der Waals surface area contributed by atoms with Crippen LogP contribution in [0.2, 0.25) is 0 Å². The minimum Gasteiger partial charge on any atom is -0.411 e. The Morgan fingerprint density at radius 3 is 1.90 bits per heavy atom. The number of carbonyl (C=O) groups excluding carboxylic acids is 1. The molecule has 0 bridgehead atoms. The molecule has 0 aliphatic heterocycles. The van der Waals surface area contributed by atoms with E-state index in [0.29, 0.717) is 6.54 Å².